The number of hydrogen-bond acceptors (Lipinski definition) is 3. The summed E-state index contributed by atoms with van der Waals surface area (Å²) in [6, 6.07) is 4.41. The van der Waals surface area contributed by atoms with Crippen molar-refractivity contribution in [3.63, 3.8) is 0 Å². The number of carbonyl (C=O) groups is 2. The molecular weight excluding hydrogens is 246 g/mol. The highest BCUT2D eigenvalue weighted by Crippen LogP contribution is 2.22. The van der Waals surface area contributed by atoms with Crippen molar-refractivity contribution < 1.29 is 19.4 Å². The quantitative estimate of drug-likeness (QED) is 0.883. The summed E-state index contributed by atoms with van der Waals surface area (Å²) in [4.78, 5) is 24.7. The molecule has 1 aromatic rings. The zero-order chi connectivity index (χ0) is 14.6. The summed E-state index contributed by atoms with van der Waals surface area (Å²) in [5.74, 6) is -0.914. The van der Waals surface area contributed by atoms with Crippen molar-refractivity contribution >= 4 is 11.9 Å². The lowest BCUT2D eigenvalue weighted by molar-refractivity contribution is -0.142. The highest BCUT2D eigenvalue weighted by Gasteiger charge is 2.27. The zero-order valence-corrected chi connectivity index (χ0v) is 11.6. The molecule has 104 valence electrons. The van der Waals surface area contributed by atoms with Gasteiger partial charge in [0.2, 0.25) is 0 Å². The summed E-state index contributed by atoms with van der Waals surface area (Å²) in [6.45, 7) is 3.60. The topological polar surface area (TPSA) is 66.8 Å². The lowest BCUT2D eigenvalue weighted by Gasteiger charge is -2.24. The lowest BCUT2D eigenvalue weighted by Crippen LogP contribution is -2.42. The first-order valence-corrected chi connectivity index (χ1v) is 6.07. The Hall–Kier alpha value is -2.04. The Morgan fingerprint density at radius 2 is 2.05 bits per heavy atom. The van der Waals surface area contributed by atoms with Gasteiger partial charge in [-0.15, -0.1) is 0 Å². The van der Waals surface area contributed by atoms with Crippen molar-refractivity contribution in [3.8, 4) is 5.75 Å². The Kier molecular flexibility index (Phi) is 4.92. The molecule has 5 nitrogen and oxygen atoms in total. The first-order valence-electron chi connectivity index (χ1n) is 6.07. The Labute approximate surface area is 112 Å². The molecular formula is C14H19NO4. The molecule has 0 aliphatic heterocycles. The SMILES string of the molecule is CCC(C(=O)O)N(C)C(=O)c1cc(C)ccc1OC. The third-order valence-electron chi connectivity index (χ3n) is 3.05. The fourth-order valence-electron chi connectivity index (χ4n) is 1.93. The van der Waals surface area contributed by atoms with Crippen LogP contribution in [0.1, 0.15) is 29.3 Å². The highest BCUT2D eigenvalue weighted by atomic mass is 16.5. The molecule has 0 saturated heterocycles. The number of nitrogens with zero attached hydrogens (tertiary/aromatic N) is 1. The molecule has 5 heteroatoms. The van der Waals surface area contributed by atoms with Crippen LogP contribution in [0.5, 0.6) is 5.75 Å². The van der Waals surface area contributed by atoms with Gasteiger partial charge in [-0.05, 0) is 25.5 Å². The molecule has 0 aliphatic carbocycles. The largest absolute Gasteiger partial charge is 0.496 e. The average molecular weight is 265 g/mol. The van der Waals surface area contributed by atoms with Crippen molar-refractivity contribution in [3.05, 3.63) is 29.3 Å². The minimum Gasteiger partial charge on any atom is -0.496 e. The van der Waals surface area contributed by atoms with Gasteiger partial charge in [0, 0.05) is 7.05 Å². The van der Waals surface area contributed by atoms with E-state index in [4.69, 9.17) is 9.84 Å². The molecule has 0 fully saturated rings. The number of rotatable bonds is 5. The summed E-state index contributed by atoms with van der Waals surface area (Å²) in [5, 5.41) is 9.10. The number of methoxy groups -OCH3 is 1. The van der Waals surface area contributed by atoms with Gasteiger partial charge >= 0.3 is 5.97 Å². The van der Waals surface area contributed by atoms with Gasteiger partial charge in [0.25, 0.3) is 5.91 Å². The maximum atomic E-state index is 12.4. The Morgan fingerprint density at radius 1 is 1.42 bits per heavy atom. The number of carboxylic acids is 1. The van der Waals surface area contributed by atoms with Gasteiger partial charge in [-0.25, -0.2) is 4.79 Å². The number of aryl methyl sites for hydroxylation is 1. The molecule has 1 atom stereocenters. The van der Waals surface area contributed by atoms with E-state index in [1.165, 1.54) is 19.1 Å². The van der Waals surface area contributed by atoms with Crippen molar-refractivity contribution in [1.29, 1.82) is 0 Å². The molecule has 0 heterocycles. The number of amides is 1. The highest BCUT2D eigenvalue weighted by molar-refractivity contribution is 5.99. The number of aliphatic carboxylic acids is 1. The van der Waals surface area contributed by atoms with E-state index in [1.54, 1.807) is 19.1 Å². The standard InChI is InChI=1S/C14H19NO4/c1-5-11(14(17)18)15(3)13(16)10-8-9(2)6-7-12(10)19-4/h6-8,11H,5H2,1-4H3,(H,17,18). The van der Waals surface area contributed by atoms with Gasteiger partial charge in [0.05, 0.1) is 12.7 Å². The monoisotopic (exact) mass is 265 g/mol. The smallest absolute Gasteiger partial charge is 0.326 e. The normalized spacial score (nSPS) is 11.8. The van der Waals surface area contributed by atoms with Crippen LogP contribution in [0, 0.1) is 6.92 Å². The second kappa shape index (κ2) is 6.22. The molecule has 1 rings (SSSR count). The van der Waals surface area contributed by atoms with Crippen LogP contribution < -0.4 is 4.74 Å². The number of ether oxygens (including phenoxy) is 1. The minimum atomic E-state index is -1.01. The van der Waals surface area contributed by atoms with Gasteiger partial charge in [-0.3, -0.25) is 4.79 Å². The summed E-state index contributed by atoms with van der Waals surface area (Å²) >= 11 is 0. The zero-order valence-electron chi connectivity index (χ0n) is 11.6. The van der Waals surface area contributed by atoms with E-state index in [0.717, 1.165) is 5.56 Å². The molecule has 1 unspecified atom stereocenters. The molecule has 19 heavy (non-hydrogen) atoms. The first-order chi connectivity index (χ1) is 8.92. The van der Waals surface area contributed by atoms with E-state index in [1.807, 2.05) is 13.0 Å². The Balaban J connectivity index is 3.12. The molecule has 0 saturated carbocycles. The van der Waals surface area contributed by atoms with E-state index < -0.39 is 12.0 Å². The van der Waals surface area contributed by atoms with Crippen LogP contribution in [0.3, 0.4) is 0 Å². The molecule has 0 radical (unpaired) electrons. The summed E-state index contributed by atoms with van der Waals surface area (Å²) < 4.78 is 5.15. The Bertz CT molecular complexity index is 484. The van der Waals surface area contributed by atoms with E-state index in [0.29, 0.717) is 17.7 Å². The van der Waals surface area contributed by atoms with E-state index >= 15 is 0 Å². The first kappa shape index (κ1) is 15.0. The summed E-state index contributed by atoms with van der Waals surface area (Å²) in [6.07, 6.45) is 0.353. The van der Waals surface area contributed by atoms with Crippen LogP contribution in [0.4, 0.5) is 0 Å². The van der Waals surface area contributed by atoms with Crippen LogP contribution in [0.2, 0.25) is 0 Å². The second-order valence-electron chi connectivity index (χ2n) is 4.38. The van der Waals surface area contributed by atoms with Crippen molar-refractivity contribution in [2.24, 2.45) is 0 Å². The fraction of sp³-hybridized carbons (Fsp3) is 0.429. The number of hydrogen-bond donors (Lipinski definition) is 1. The van der Waals surface area contributed by atoms with Gasteiger partial charge < -0.3 is 14.7 Å². The van der Waals surface area contributed by atoms with E-state index in [2.05, 4.69) is 0 Å². The van der Waals surface area contributed by atoms with Gasteiger partial charge in [0.15, 0.2) is 0 Å². The molecule has 1 aromatic carbocycles. The van der Waals surface area contributed by atoms with Crippen LogP contribution >= 0.6 is 0 Å². The van der Waals surface area contributed by atoms with Crippen molar-refractivity contribution in [2.45, 2.75) is 26.3 Å². The predicted octanol–water partition coefficient (Wildman–Crippen LogP) is 1.94. The van der Waals surface area contributed by atoms with Crippen molar-refractivity contribution in [1.82, 2.24) is 4.90 Å². The maximum Gasteiger partial charge on any atom is 0.326 e. The molecule has 1 N–H and O–H groups in total. The van der Waals surface area contributed by atoms with Gasteiger partial charge in [0.1, 0.15) is 11.8 Å². The lowest BCUT2D eigenvalue weighted by atomic mass is 10.1. The van der Waals surface area contributed by atoms with Crippen LogP contribution in [-0.2, 0) is 4.79 Å². The van der Waals surface area contributed by atoms with Gasteiger partial charge in [-0.1, -0.05) is 18.6 Å². The third-order valence-corrected chi connectivity index (χ3v) is 3.05. The molecule has 0 spiro atoms. The molecule has 0 aliphatic rings. The van der Waals surface area contributed by atoms with E-state index in [-0.39, 0.29) is 5.91 Å². The predicted molar refractivity (Wildman–Crippen MR) is 71.5 cm³/mol. The second-order valence-corrected chi connectivity index (χ2v) is 4.38. The Morgan fingerprint density at radius 3 is 2.53 bits per heavy atom. The average Bonchev–Trinajstić information content (AvgIpc) is 2.38. The number of benzene rings is 1. The molecule has 0 bridgehead atoms. The third kappa shape index (κ3) is 3.24. The molecule has 0 aromatic heterocycles. The maximum absolute atomic E-state index is 12.4. The summed E-state index contributed by atoms with van der Waals surface area (Å²) in [5.41, 5.74) is 1.30. The van der Waals surface area contributed by atoms with Crippen LogP contribution in [0.15, 0.2) is 18.2 Å². The van der Waals surface area contributed by atoms with Crippen LogP contribution in [0.25, 0.3) is 0 Å². The number of carboxylic acid groups (broad SMARTS) is 1. The van der Waals surface area contributed by atoms with Gasteiger partial charge in [-0.2, -0.15) is 0 Å². The summed E-state index contributed by atoms with van der Waals surface area (Å²) in [7, 11) is 2.97. The number of carbonyl (C=O) groups excluding carboxylic acids is 1. The fourth-order valence-corrected chi connectivity index (χ4v) is 1.93. The molecule has 1 amide bonds. The van der Waals surface area contributed by atoms with E-state index in [9.17, 15) is 9.59 Å². The minimum absolute atomic E-state index is 0.352. The number of likely N-dealkylation sites (N-methyl/N-ethyl adjacent to an activating group) is 1. The van der Waals surface area contributed by atoms with Crippen molar-refractivity contribution in [2.75, 3.05) is 14.2 Å². The van der Waals surface area contributed by atoms with Crippen LogP contribution in [-0.4, -0.2) is 42.1 Å².